The highest BCUT2D eigenvalue weighted by atomic mass is 16.3. The molecular formula is C17H22N2O2. The highest BCUT2D eigenvalue weighted by Gasteiger charge is 2.44. The van der Waals surface area contributed by atoms with E-state index in [9.17, 15) is 9.90 Å². The van der Waals surface area contributed by atoms with Gasteiger partial charge in [0.25, 0.3) is 5.91 Å². The first-order valence-corrected chi connectivity index (χ1v) is 7.45. The van der Waals surface area contributed by atoms with Crippen LogP contribution in [0, 0.1) is 17.2 Å². The topological polar surface area (TPSA) is 73.1 Å². The molecule has 0 aromatic heterocycles. The molecular weight excluding hydrogens is 264 g/mol. The molecule has 1 aromatic carbocycles. The molecule has 0 radical (unpaired) electrons. The molecule has 1 aliphatic rings. The first-order chi connectivity index (χ1) is 9.97. The zero-order valence-corrected chi connectivity index (χ0v) is 12.6. The summed E-state index contributed by atoms with van der Waals surface area (Å²) < 4.78 is 0. The standard InChI is InChI=1S/C17H22N2O2/c1-12(2)9-15(20)10-19-16(21)13-3-5-14(6-4-13)17(11-18)7-8-17/h3-6,12,15,20H,7-10H2,1-2H3,(H,19,21). The van der Waals surface area contributed by atoms with Crippen LogP contribution in [-0.2, 0) is 5.41 Å². The molecule has 112 valence electrons. The van der Waals surface area contributed by atoms with Crippen LogP contribution in [0.5, 0.6) is 0 Å². The second kappa shape index (κ2) is 6.28. The van der Waals surface area contributed by atoms with Crippen molar-refractivity contribution in [3.8, 4) is 6.07 Å². The summed E-state index contributed by atoms with van der Waals surface area (Å²) in [6.45, 7) is 4.33. The summed E-state index contributed by atoms with van der Waals surface area (Å²) in [6.07, 6.45) is 1.96. The lowest BCUT2D eigenvalue weighted by Gasteiger charge is -2.14. The van der Waals surface area contributed by atoms with Gasteiger partial charge in [0.1, 0.15) is 0 Å². The van der Waals surface area contributed by atoms with Crippen LogP contribution in [0.3, 0.4) is 0 Å². The van der Waals surface area contributed by atoms with Gasteiger partial charge in [0.15, 0.2) is 0 Å². The molecule has 1 unspecified atom stereocenters. The summed E-state index contributed by atoms with van der Waals surface area (Å²) in [5.74, 6) is 0.211. The fraction of sp³-hybridized carbons (Fsp3) is 0.529. The molecule has 4 heteroatoms. The number of hydrogen-bond donors (Lipinski definition) is 2. The van der Waals surface area contributed by atoms with Gasteiger partial charge in [-0.15, -0.1) is 0 Å². The van der Waals surface area contributed by atoms with E-state index >= 15 is 0 Å². The van der Waals surface area contributed by atoms with Crippen molar-refractivity contribution in [3.05, 3.63) is 35.4 Å². The highest BCUT2D eigenvalue weighted by molar-refractivity contribution is 5.94. The Bertz CT molecular complexity index is 539. The van der Waals surface area contributed by atoms with E-state index in [1.165, 1.54) is 0 Å². The maximum Gasteiger partial charge on any atom is 0.251 e. The van der Waals surface area contributed by atoms with Crippen molar-refractivity contribution in [2.75, 3.05) is 6.54 Å². The molecule has 4 nitrogen and oxygen atoms in total. The van der Waals surface area contributed by atoms with Gasteiger partial charge in [0.05, 0.1) is 17.6 Å². The Balaban J connectivity index is 1.90. The number of carbonyl (C=O) groups excluding carboxylic acids is 1. The Kier molecular flexibility index (Phi) is 4.64. The van der Waals surface area contributed by atoms with Crippen LogP contribution in [0.15, 0.2) is 24.3 Å². The number of nitrogens with one attached hydrogen (secondary N) is 1. The van der Waals surface area contributed by atoms with E-state index < -0.39 is 6.10 Å². The number of nitrogens with zero attached hydrogens (tertiary/aromatic N) is 1. The zero-order chi connectivity index (χ0) is 15.5. The Morgan fingerprint density at radius 2 is 2.00 bits per heavy atom. The third-order valence-electron chi connectivity index (χ3n) is 3.91. The predicted molar refractivity (Wildman–Crippen MR) is 80.8 cm³/mol. The summed E-state index contributed by atoms with van der Waals surface area (Å²) in [6, 6.07) is 9.55. The summed E-state index contributed by atoms with van der Waals surface area (Å²) >= 11 is 0. The van der Waals surface area contributed by atoms with Crippen LogP contribution in [-0.4, -0.2) is 23.7 Å². The van der Waals surface area contributed by atoms with Crippen LogP contribution in [0.4, 0.5) is 0 Å². The highest BCUT2D eigenvalue weighted by Crippen LogP contribution is 2.47. The monoisotopic (exact) mass is 286 g/mol. The average Bonchev–Trinajstić information content (AvgIpc) is 3.25. The minimum Gasteiger partial charge on any atom is -0.391 e. The van der Waals surface area contributed by atoms with E-state index in [0.717, 1.165) is 18.4 Å². The molecule has 0 heterocycles. The number of aliphatic hydroxyl groups excluding tert-OH is 1. The molecule has 2 N–H and O–H groups in total. The number of hydrogen-bond acceptors (Lipinski definition) is 3. The molecule has 0 aliphatic heterocycles. The Hall–Kier alpha value is -1.86. The van der Waals surface area contributed by atoms with Crippen molar-refractivity contribution in [2.24, 2.45) is 5.92 Å². The number of benzene rings is 1. The lowest BCUT2D eigenvalue weighted by atomic mass is 9.96. The van der Waals surface area contributed by atoms with E-state index in [0.29, 0.717) is 17.9 Å². The SMILES string of the molecule is CC(C)CC(O)CNC(=O)c1ccc(C2(C#N)CC2)cc1. The van der Waals surface area contributed by atoms with Gasteiger partial charge in [-0.1, -0.05) is 26.0 Å². The molecule has 1 amide bonds. The second-order valence-corrected chi connectivity index (χ2v) is 6.26. The Labute approximate surface area is 125 Å². The van der Waals surface area contributed by atoms with Crippen molar-refractivity contribution in [3.63, 3.8) is 0 Å². The van der Waals surface area contributed by atoms with Crippen LogP contribution in [0.1, 0.15) is 49.0 Å². The molecule has 0 bridgehead atoms. The number of rotatable bonds is 6. The Morgan fingerprint density at radius 3 is 2.48 bits per heavy atom. The smallest absolute Gasteiger partial charge is 0.251 e. The molecule has 0 spiro atoms. The van der Waals surface area contributed by atoms with Crippen molar-refractivity contribution in [2.45, 2.75) is 44.6 Å². The summed E-state index contributed by atoms with van der Waals surface area (Å²) in [7, 11) is 0. The minimum absolute atomic E-state index is 0.189. The van der Waals surface area contributed by atoms with Gasteiger partial charge in [0, 0.05) is 12.1 Å². The molecule has 1 aliphatic carbocycles. The van der Waals surface area contributed by atoms with Gasteiger partial charge in [-0.25, -0.2) is 0 Å². The molecule has 0 saturated heterocycles. The van der Waals surface area contributed by atoms with Crippen LogP contribution < -0.4 is 5.32 Å². The fourth-order valence-corrected chi connectivity index (χ4v) is 2.47. The number of carbonyl (C=O) groups is 1. The summed E-state index contributed by atoms with van der Waals surface area (Å²) in [5.41, 5.74) is 1.23. The van der Waals surface area contributed by atoms with Gasteiger partial charge in [0.2, 0.25) is 0 Å². The van der Waals surface area contributed by atoms with E-state index in [2.05, 4.69) is 11.4 Å². The van der Waals surface area contributed by atoms with Crippen molar-refractivity contribution < 1.29 is 9.90 Å². The van der Waals surface area contributed by atoms with Crippen molar-refractivity contribution in [1.29, 1.82) is 5.26 Å². The molecule has 1 saturated carbocycles. The zero-order valence-electron chi connectivity index (χ0n) is 12.6. The predicted octanol–water partition coefficient (Wildman–Crippen LogP) is 2.38. The number of aliphatic hydroxyl groups is 1. The number of amides is 1. The summed E-state index contributed by atoms with van der Waals surface area (Å²) in [4.78, 5) is 12.0. The van der Waals surface area contributed by atoms with Crippen molar-refractivity contribution >= 4 is 5.91 Å². The first-order valence-electron chi connectivity index (χ1n) is 7.45. The van der Waals surface area contributed by atoms with E-state index in [1.807, 2.05) is 26.0 Å². The Morgan fingerprint density at radius 1 is 1.38 bits per heavy atom. The molecule has 2 rings (SSSR count). The molecule has 21 heavy (non-hydrogen) atoms. The van der Waals surface area contributed by atoms with Gasteiger partial charge in [-0.2, -0.15) is 5.26 Å². The van der Waals surface area contributed by atoms with E-state index in [-0.39, 0.29) is 17.9 Å². The molecule has 1 fully saturated rings. The second-order valence-electron chi connectivity index (χ2n) is 6.26. The fourth-order valence-electron chi connectivity index (χ4n) is 2.47. The van der Waals surface area contributed by atoms with Gasteiger partial charge in [-0.05, 0) is 42.9 Å². The lowest BCUT2D eigenvalue weighted by Crippen LogP contribution is -2.32. The third-order valence-corrected chi connectivity index (χ3v) is 3.91. The third kappa shape index (κ3) is 3.83. The molecule has 1 atom stereocenters. The van der Waals surface area contributed by atoms with Crippen molar-refractivity contribution in [1.82, 2.24) is 5.32 Å². The van der Waals surface area contributed by atoms with Crippen LogP contribution >= 0.6 is 0 Å². The van der Waals surface area contributed by atoms with Gasteiger partial charge < -0.3 is 10.4 Å². The average molecular weight is 286 g/mol. The quantitative estimate of drug-likeness (QED) is 0.843. The largest absolute Gasteiger partial charge is 0.391 e. The van der Waals surface area contributed by atoms with Gasteiger partial charge >= 0.3 is 0 Å². The number of nitriles is 1. The maximum absolute atomic E-state index is 12.0. The van der Waals surface area contributed by atoms with Gasteiger partial charge in [-0.3, -0.25) is 4.79 Å². The maximum atomic E-state index is 12.0. The van der Waals surface area contributed by atoms with E-state index in [1.54, 1.807) is 12.1 Å². The molecule has 1 aromatic rings. The van der Waals surface area contributed by atoms with E-state index in [4.69, 9.17) is 5.26 Å². The minimum atomic E-state index is -0.512. The normalized spacial score (nSPS) is 17.1. The van der Waals surface area contributed by atoms with Crippen LogP contribution in [0.25, 0.3) is 0 Å². The van der Waals surface area contributed by atoms with Crippen LogP contribution in [0.2, 0.25) is 0 Å². The lowest BCUT2D eigenvalue weighted by molar-refractivity contribution is 0.0900. The summed E-state index contributed by atoms with van der Waals surface area (Å²) in [5, 5.41) is 21.6. The first kappa shape index (κ1) is 15.5.